The van der Waals surface area contributed by atoms with Gasteiger partial charge in [-0.15, -0.1) is 12.4 Å². The van der Waals surface area contributed by atoms with Crippen LogP contribution in [-0.4, -0.2) is 34.8 Å². The second-order valence-corrected chi connectivity index (χ2v) is 7.13. The van der Waals surface area contributed by atoms with E-state index in [0.29, 0.717) is 11.3 Å². The summed E-state index contributed by atoms with van der Waals surface area (Å²) in [5, 5.41) is 11.2. The molecule has 0 bridgehead atoms. The van der Waals surface area contributed by atoms with Crippen LogP contribution in [0.25, 0.3) is 16.9 Å². The third kappa shape index (κ3) is 4.11. The first kappa shape index (κ1) is 20.1. The van der Waals surface area contributed by atoms with Crippen LogP contribution in [0.2, 0.25) is 0 Å². The van der Waals surface area contributed by atoms with E-state index >= 15 is 0 Å². The monoisotopic (exact) mass is 396 g/mol. The van der Waals surface area contributed by atoms with Gasteiger partial charge in [-0.3, -0.25) is 4.79 Å². The minimum atomic E-state index is -0.0703. The van der Waals surface area contributed by atoms with Crippen molar-refractivity contribution in [1.82, 2.24) is 20.4 Å². The molecule has 1 aliphatic heterocycles. The van der Waals surface area contributed by atoms with Gasteiger partial charge in [0.05, 0.1) is 11.3 Å². The van der Waals surface area contributed by atoms with Crippen LogP contribution in [0.1, 0.15) is 27.9 Å². The fraction of sp³-hybridized carbons (Fsp3) is 0.273. The van der Waals surface area contributed by atoms with Gasteiger partial charge in [0, 0.05) is 24.3 Å². The molecule has 5 nitrogen and oxygen atoms in total. The third-order valence-electron chi connectivity index (χ3n) is 5.16. The van der Waals surface area contributed by atoms with E-state index in [1.807, 2.05) is 42.6 Å². The van der Waals surface area contributed by atoms with E-state index < -0.39 is 0 Å². The van der Waals surface area contributed by atoms with Gasteiger partial charge >= 0.3 is 0 Å². The maximum atomic E-state index is 13.0. The lowest BCUT2D eigenvalue weighted by Gasteiger charge is -2.11. The Balaban J connectivity index is 0.00000225. The average Bonchev–Trinajstić information content (AvgIpc) is 3.34. The van der Waals surface area contributed by atoms with Gasteiger partial charge in [0.25, 0.3) is 5.91 Å². The summed E-state index contributed by atoms with van der Waals surface area (Å²) < 4.78 is 1.78. The molecule has 1 saturated heterocycles. The number of nitrogens with zero attached hydrogens (tertiary/aromatic N) is 2. The third-order valence-corrected chi connectivity index (χ3v) is 5.16. The summed E-state index contributed by atoms with van der Waals surface area (Å²) in [6.45, 7) is 5.93. The maximum Gasteiger partial charge on any atom is 0.255 e. The molecule has 28 heavy (non-hydrogen) atoms. The normalized spacial score (nSPS) is 15.9. The molecule has 1 unspecified atom stereocenters. The van der Waals surface area contributed by atoms with Gasteiger partial charge in [-0.25, -0.2) is 4.68 Å². The number of hydrogen-bond acceptors (Lipinski definition) is 3. The highest BCUT2D eigenvalue weighted by atomic mass is 35.5. The van der Waals surface area contributed by atoms with E-state index in [1.54, 1.807) is 4.68 Å². The lowest BCUT2D eigenvalue weighted by molar-refractivity contribution is 0.0940. The highest BCUT2D eigenvalue weighted by Crippen LogP contribution is 2.26. The van der Waals surface area contributed by atoms with E-state index in [2.05, 4.69) is 36.6 Å². The molecule has 2 aromatic carbocycles. The van der Waals surface area contributed by atoms with Crippen molar-refractivity contribution in [2.45, 2.75) is 26.3 Å². The van der Waals surface area contributed by atoms with Crippen molar-refractivity contribution in [1.29, 1.82) is 0 Å². The number of benzene rings is 2. The topological polar surface area (TPSA) is 59.0 Å². The highest BCUT2D eigenvalue weighted by molar-refractivity contribution is 6.00. The molecule has 1 amide bonds. The molecule has 1 fully saturated rings. The van der Waals surface area contributed by atoms with Gasteiger partial charge in [-0.1, -0.05) is 30.3 Å². The Morgan fingerprint density at radius 2 is 1.93 bits per heavy atom. The molecule has 4 rings (SSSR count). The van der Waals surface area contributed by atoms with Gasteiger partial charge < -0.3 is 10.6 Å². The number of nitrogens with one attached hydrogen (secondary N) is 2. The number of halogens is 1. The number of hydrogen-bond donors (Lipinski definition) is 2. The van der Waals surface area contributed by atoms with Crippen molar-refractivity contribution in [2.75, 3.05) is 13.1 Å². The SMILES string of the molecule is Cc1ccc(-c2nn(-c3ccccc3)cc2C(=O)NC2CCNC2)cc1C.Cl. The van der Waals surface area contributed by atoms with E-state index in [0.717, 1.165) is 30.8 Å². The fourth-order valence-corrected chi connectivity index (χ4v) is 3.40. The Bertz CT molecular complexity index is 962. The summed E-state index contributed by atoms with van der Waals surface area (Å²) in [4.78, 5) is 13.0. The number of amides is 1. The molecular weight excluding hydrogens is 372 g/mol. The molecule has 2 heterocycles. The van der Waals surface area contributed by atoms with Crippen LogP contribution in [0.4, 0.5) is 0 Å². The smallest absolute Gasteiger partial charge is 0.255 e. The number of carbonyl (C=O) groups is 1. The van der Waals surface area contributed by atoms with E-state index in [9.17, 15) is 4.79 Å². The second kappa shape index (κ2) is 8.59. The van der Waals surface area contributed by atoms with Crippen LogP contribution in [0.3, 0.4) is 0 Å². The fourth-order valence-electron chi connectivity index (χ4n) is 3.40. The Morgan fingerprint density at radius 3 is 2.61 bits per heavy atom. The lowest BCUT2D eigenvalue weighted by atomic mass is 10.0. The van der Waals surface area contributed by atoms with Gasteiger partial charge in [0.1, 0.15) is 5.69 Å². The first-order valence-corrected chi connectivity index (χ1v) is 9.36. The summed E-state index contributed by atoms with van der Waals surface area (Å²) in [5.41, 5.74) is 5.63. The van der Waals surface area contributed by atoms with Gasteiger partial charge in [0.2, 0.25) is 0 Å². The molecule has 3 aromatic rings. The molecule has 0 saturated carbocycles. The Morgan fingerprint density at radius 1 is 1.14 bits per heavy atom. The predicted octanol–water partition coefficient (Wildman–Crippen LogP) is 3.67. The van der Waals surface area contributed by atoms with Crippen LogP contribution in [-0.2, 0) is 0 Å². The summed E-state index contributed by atoms with van der Waals surface area (Å²) in [5.74, 6) is -0.0703. The van der Waals surface area contributed by atoms with E-state index in [4.69, 9.17) is 5.10 Å². The standard InChI is InChI=1S/C22H24N4O.ClH/c1-15-8-9-17(12-16(15)2)21-20(22(27)24-18-10-11-23-13-18)14-26(25-21)19-6-4-3-5-7-19;/h3-9,12,14,18,23H,10-11,13H2,1-2H3,(H,24,27);1H. The van der Waals surface area contributed by atoms with Crippen molar-refractivity contribution in [3.05, 3.63) is 71.4 Å². The molecule has 0 spiro atoms. The van der Waals surface area contributed by atoms with Crippen molar-refractivity contribution in [2.24, 2.45) is 0 Å². The van der Waals surface area contributed by atoms with Crippen LogP contribution >= 0.6 is 12.4 Å². The molecule has 1 aromatic heterocycles. The van der Waals surface area contributed by atoms with Crippen LogP contribution in [0.15, 0.2) is 54.7 Å². The van der Waals surface area contributed by atoms with Crippen molar-refractivity contribution >= 4 is 18.3 Å². The van der Waals surface area contributed by atoms with Crippen LogP contribution in [0, 0.1) is 13.8 Å². The molecular formula is C22H25ClN4O. The number of carbonyl (C=O) groups excluding carboxylic acids is 1. The molecule has 0 radical (unpaired) electrons. The van der Waals surface area contributed by atoms with Crippen molar-refractivity contribution in [3.8, 4) is 16.9 Å². The number of aromatic nitrogens is 2. The summed E-state index contributed by atoms with van der Waals surface area (Å²) >= 11 is 0. The summed E-state index contributed by atoms with van der Waals surface area (Å²) in [6, 6.07) is 16.3. The minimum Gasteiger partial charge on any atom is -0.348 e. The van der Waals surface area contributed by atoms with Gasteiger partial charge in [0.15, 0.2) is 0 Å². The molecule has 146 valence electrons. The maximum absolute atomic E-state index is 13.0. The Kier molecular flexibility index (Phi) is 6.17. The van der Waals surface area contributed by atoms with Gasteiger partial charge in [-0.05, 0) is 56.1 Å². The van der Waals surface area contributed by atoms with Crippen molar-refractivity contribution in [3.63, 3.8) is 0 Å². The molecule has 1 atom stereocenters. The van der Waals surface area contributed by atoms with E-state index in [1.165, 1.54) is 11.1 Å². The second-order valence-electron chi connectivity index (χ2n) is 7.13. The first-order valence-electron chi connectivity index (χ1n) is 9.36. The quantitative estimate of drug-likeness (QED) is 0.707. The largest absolute Gasteiger partial charge is 0.348 e. The Labute approximate surface area is 171 Å². The zero-order chi connectivity index (χ0) is 18.8. The summed E-state index contributed by atoms with van der Waals surface area (Å²) in [7, 11) is 0. The highest BCUT2D eigenvalue weighted by Gasteiger charge is 2.23. The van der Waals surface area contributed by atoms with E-state index in [-0.39, 0.29) is 24.4 Å². The first-order chi connectivity index (χ1) is 13.1. The molecule has 1 aliphatic rings. The van der Waals surface area contributed by atoms with Crippen LogP contribution in [0.5, 0.6) is 0 Å². The molecule has 0 aliphatic carbocycles. The van der Waals surface area contributed by atoms with Crippen LogP contribution < -0.4 is 10.6 Å². The Hall–Kier alpha value is -2.63. The molecule has 6 heteroatoms. The number of para-hydroxylation sites is 1. The zero-order valence-corrected chi connectivity index (χ0v) is 16.9. The average molecular weight is 397 g/mol. The summed E-state index contributed by atoms with van der Waals surface area (Å²) in [6.07, 6.45) is 2.79. The number of aryl methyl sites for hydroxylation is 2. The zero-order valence-electron chi connectivity index (χ0n) is 16.1. The van der Waals surface area contributed by atoms with Gasteiger partial charge in [-0.2, -0.15) is 5.10 Å². The molecule has 2 N–H and O–H groups in total. The minimum absolute atomic E-state index is 0. The number of rotatable bonds is 4. The van der Waals surface area contributed by atoms with Crippen molar-refractivity contribution < 1.29 is 4.79 Å². The lowest BCUT2D eigenvalue weighted by Crippen LogP contribution is -2.36. The predicted molar refractivity (Wildman–Crippen MR) is 114 cm³/mol.